The fraction of sp³-hybridized carbons (Fsp3) is 0.500. The first kappa shape index (κ1) is 11.0. The molecule has 1 aromatic carbocycles. The van der Waals surface area contributed by atoms with Crippen molar-refractivity contribution in [3.05, 3.63) is 28.2 Å². The van der Waals surface area contributed by atoms with Crippen LogP contribution >= 0.6 is 15.9 Å². The van der Waals surface area contributed by atoms with E-state index in [0.717, 1.165) is 35.7 Å². The lowest BCUT2D eigenvalue weighted by Gasteiger charge is -2.34. The molecule has 1 aromatic rings. The Hall–Kier alpha value is -0.540. The van der Waals surface area contributed by atoms with Crippen LogP contribution in [0.1, 0.15) is 37.7 Å². The van der Waals surface area contributed by atoms with Crippen LogP contribution in [0.25, 0.3) is 0 Å². The molecule has 3 heteroatoms. The summed E-state index contributed by atoms with van der Waals surface area (Å²) < 4.78 is 0.732. The average molecular weight is 270 g/mol. The molecule has 0 aromatic heterocycles. The highest BCUT2D eigenvalue weighted by Crippen LogP contribution is 2.41. The first-order valence-electron chi connectivity index (χ1n) is 5.40. The van der Waals surface area contributed by atoms with Gasteiger partial charge in [0.15, 0.2) is 0 Å². The largest absolute Gasteiger partial charge is 0.506 e. The maximum absolute atomic E-state index is 9.99. The topological polar surface area (TPSA) is 46.2 Å². The van der Waals surface area contributed by atoms with Crippen molar-refractivity contribution in [3.8, 4) is 5.75 Å². The smallest absolute Gasteiger partial charge is 0.134 e. The maximum Gasteiger partial charge on any atom is 0.134 e. The molecule has 82 valence electrons. The van der Waals surface area contributed by atoms with Gasteiger partial charge in [-0.15, -0.1) is 0 Å². The molecule has 0 amide bonds. The van der Waals surface area contributed by atoms with Crippen molar-refractivity contribution in [1.82, 2.24) is 0 Å². The summed E-state index contributed by atoms with van der Waals surface area (Å²) in [4.78, 5) is 0. The Balaban J connectivity index is 2.39. The Bertz CT molecular complexity index is 359. The molecule has 0 bridgehead atoms. The van der Waals surface area contributed by atoms with Crippen LogP contribution < -0.4 is 5.73 Å². The van der Waals surface area contributed by atoms with Gasteiger partial charge in [-0.25, -0.2) is 0 Å². The number of hydrogen-bond donors (Lipinski definition) is 2. The molecule has 1 aliphatic rings. The van der Waals surface area contributed by atoms with E-state index in [1.54, 1.807) is 0 Å². The summed E-state index contributed by atoms with van der Waals surface area (Å²) in [7, 11) is 0. The minimum atomic E-state index is -0.327. The Morgan fingerprint density at radius 1 is 1.20 bits per heavy atom. The third kappa shape index (κ3) is 2.04. The van der Waals surface area contributed by atoms with Crippen LogP contribution in [0.4, 0.5) is 0 Å². The van der Waals surface area contributed by atoms with Gasteiger partial charge in [-0.1, -0.05) is 31.4 Å². The summed E-state index contributed by atoms with van der Waals surface area (Å²) in [6.45, 7) is 0. The molecule has 2 nitrogen and oxygen atoms in total. The van der Waals surface area contributed by atoms with E-state index in [1.807, 2.05) is 18.2 Å². The first-order chi connectivity index (χ1) is 7.13. The predicted octanol–water partition coefficient (Wildman–Crippen LogP) is 3.27. The molecule has 1 aliphatic carbocycles. The molecular weight excluding hydrogens is 254 g/mol. The monoisotopic (exact) mass is 269 g/mol. The van der Waals surface area contributed by atoms with E-state index < -0.39 is 0 Å². The van der Waals surface area contributed by atoms with E-state index in [1.165, 1.54) is 6.42 Å². The van der Waals surface area contributed by atoms with Crippen LogP contribution in [0, 0.1) is 0 Å². The van der Waals surface area contributed by atoms with Crippen molar-refractivity contribution in [1.29, 1.82) is 0 Å². The molecule has 0 atom stereocenters. The quantitative estimate of drug-likeness (QED) is 0.822. The maximum atomic E-state index is 9.99. The zero-order chi connectivity index (χ0) is 10.9. The van der Waals surface area contributed by atoms with E-state index >= 15 is 0 Å². The molecule has 3 N–H and O–H groups in total. The van der Waals surface area contributed by atoms with Gasteiger partial charge in [-0.05, 0) is 34.8 Å². The van der Waals surface area contributed by atoms with Crippen molar-refractivity contribution in [2.45, 2.75) is 37.6 Å². The number of phenolic OH excluding ortho intramolecular Hbond substituents is 1. The molecule has 15 heavy (non-hydrogen) atoms. The zero-order valence-corrected chi connectivity index (χ0v) is 10.3. The summed E-state index contributed by atoms with van der Waals surface area (Å²) in [5, 5.41) is 9.99. The molecule has 0 heterocycles. The second kappa shape index (κ2) is 4.14. The summed E-state index contributed by atoms with van der Waals surface area (Å²) in [6.07, 6.45) is 5.51. The second-order valence-corrected chi connectivity index (χ2v) is 5.21. The van der Waals surface area contributed by atoms with Crippen molar-refractivity contribution in [2.24, 2.45) is 5.73 Å². The molecule has 0 radical (unpaired) electrons. The SMILES string of the molecule is NC1(c2cccc(Br)c2O)CCCCC1. The number of nitrogens with two attached hydrogens (primary N) is 1. The summed E-state index contributed by atoms with van der Waals surface area (Å²) in [5.41, 5.74) is 6.93. The molecule has 0 unspecified atom stereocenters. The number of benzene rings is 1. The molecule has 0 aliphatic heterocycles. The Morgan fingerprint density at radius 2 is 1.87 bits per heavy atom. The van der Waals surface area contributed by atoms with Crippen LogP contribution in [0.15, 0.2) is 22.7 Å². The summed E-state index contributed by atoms with van der Waals surface area (Å²) >= 11 is 3.33. The number of para-hydroxylation sites is 1. The normalized spacial score (nSPS) is 20.1. The van der Waals surface area contributed by atoms with E-state index in [2.05, 4.69) is 15.9 Å². The summed E-state index contributed by atoms with van der Waals surface area (Å²) in [5.74, 6) is 0.307. The van der Waals surface area contributed by atoms with Gasteiger partial charge in [0.2, 0.25) is 0 Å². The van der Waals surface area contributed by atoms with Gasteiger partial charge in [-0.3, -0.25) is 0 Å². The predicted molar refractivity (Wildman–Crippen MR) is 64.8 cm³/mol. The van der Waals surface area contributed by atoms with E-state index in [0.29, 0.717) is 5.75 Å². The van der Waals surface area contributed by atoms with Crippen LogP contribution in [-0.4, -0.2) is 5.11 Å². The van der Waals surface area contributed by atoms with Gasteiger partial charge >= 0.3 is 0 Å². The van der Waals surface area contributed by atoms with Gasteiger partial charge in [0.25, 0.3) is 0 Å². The number of aromatic hydroxyl groups is 1. The van der Waals surface area contributed by atoms with Crippen molar-refractivity contribution in [2.75, 3.05) is 0 Å². The number of phenols is 1. The highest BCUT2D eigenvalue weighted by atomic mass is 79.9. The fourth-order valence-electron chi connectivity index (χ4n) is 2.37. The standard InChI is InChI=1S/C12H16BrNO/c13-10-6-4-5-9(11(10)15)12(14)7-2-1-3-8-12/h4-6,15H,1-3,7-8,14H2. The summed E-state index contributed by atoms with van der Waals surface area (Å²) in [6, 6.07) is 5.71. The molecule has 2 rings (SSSR count). The van der Waals surface area contributed by atoms with Gasteiger partial charge in [-0.2, -0.15) is 0 Å². The van der Waals surface area contributed by atoms with Crippen LogP contribution in [-0.2, 0) is 5.54 Å². The molecule has 1 fully saturated rings. The molecular formula is C12H16BrNO. The lowest BCUT2D eigenvalue weighted by molar-refractivity contribution is 0.292. The van der Waals surface area contributed by atoms with E-state index in [4.69, 9.17) is 5.73 Å². The fourth-order valence-corrected chi connectivity index (χ4v) is 2.74. The highest BCUT2D eigenvalue weighted by molar-refractivity contribution is 9.10. The van der Waals surface area contributed by atoms with Crippen LogP contribution in [0.5, 0.6) is 5.75 Å². The van der Waals surface area contributed by atoms with Crippen LogP contribution in [0.2, 0.25) is 0 Å². The van der Waals surface area contributed by atoms with Gasteiger partial charge in [0, 0.05) is 11.1 Å². The van der Waals surface area contributed by atoms with E-state index in [-0.39, 0.29) is 5.54 Å². The lowest BCUT2D eigenvalue weighted by Crippen LogP contribution is -2.38. The van der Waals surface area contributed by atoms with Crippen LogP contribution in [0.3, 0.4) is 0 Å². The van der Waals surface area contributed by atoms with Gasteiger partial charge in [0.05, 0.1) is 4.47 Å². The first-order valence-corrected chi connectivity index (χ1v) is 6.20. The molecule has 0 saturated heterocycles. The Labute approximate surface area is 98.6 Å². The minimum absolute atomic E-state index is 0.307. The molecule has 0 spiro atoms. The van der Waals surface area contributed by atoms with Crippen molar-refractivity contribution >= 4 is 15.9 Å². The Morgan fingerprint density at radius 3 is 2.53 bits per heavy atom. The minimum Gasteiger partial charge on any atom is -0.506 e. The molecule has 1 saturated carbocycles. The second-order valence-electron chi connectivity index (χ2n) is 4.35. The van der Waals surface area contributed by atoms with Crippen molar-refractivity contribution in [3.63, 3.8) is 0 Å². The van der Waals surface area contributed by atoms with E-state index in [9.17, 15) is 5.11 Å². The van der Waals surface area contributed by atoms with Gasteiger partial charge in [0.1, 0.15) is 5.75 Å². The number of rotatable bonds is 1. The third-order valence-electron chi connectivity index (χ3n) is 3.27. The van der Waals surface area contributed by atoms with Crippen molar-refractivity contribution < 1.29 is 5.11 Å². The average Bonchev–Trinajstić information content (AvgIpc) is 2.23. The zero-order valence-electron chi connectivity index (χ0n) is 8.67. The number of hydrogen-bond acceptors (Lipinski definition) is 2. The number of halogens is 1. The highest BCUT2D eigenvalue weighted by Gasteiger charge is 2.32. The lowest BCUT2D eigenvalue weighted by atomic mass is 9.77. The third-order valence-corrected chi connectivity index (χ3v) is 3.91. The van der Waals surface area contributed by atoms with Gasteiger partial charge < -0.3 is 10.8 Å². The Kier molecular flexibility index (Phi) is 3.03.